The number of hydrogen-bond donors (Lipinski definition) is 3. The fraction of sp³-hybridized carbons (Fsp3) is 0.500. The first-order valence-corrected chi connectivity index (χ1v) is 9.83. The van der Waals surface area contributed by atoms with Crippen molar-refractivity contribution in [1.82, 2.24) is 5.32 Å². The third kappa shape index (κ3) is 4.95. The zero-order valence-electron chi connectivity index (χ0n) is 11.4. The Kier molecular flexibility index (Phi) is 4.87. The minimum Gasteiger partial charge on any atom is -0.313 e. The van der Waals surface area contributed by atoms with E-state index in [1.807, 2.05) is 0 Å². The SMILES string of the molecule is NS(=O)(=O)c1ccc(NS(=O)(=O)CC2CCCCN2)cc1. The molecule has 2 rings (SSSR count). The van der Waals surface area contributed by atoms with Crippen LogP contribution in [0, 0.1) is 0 Å². The van der Waals surface area contributed by atoms with E-state index in [4.69, 9.17) is 5.14 Å². The van der Waals surface area contributed by atoms with Crippen molar-refractivity contribution in [2.24, 2.45) is 5.14 Å². The number of nitrogens with two attached hydrogens (primary N) is 1. The Morgan fingerprint density at radius 1 is 1.14 bits per heavy atom. The number of rotatable bonds is 5. The summed E-state index contributed by atoms with van der Waals surface area (Å²) >= 11 is 0. The Morgan fingerprint density at radius 3 is 2.33 bits per heavy atom. The third-order valence-electron chi connectivity index (χ3n) is 3.29. The molecule has 0 amide bonds. The van der Waals surface area contributed by atoms with Gasteiger partial charge in [-0.3, -0.25) is 4.72 Å². The molecule has 1 unspecified atom stereocenters. The predicted molar refractivity (Wildman–Crippen MR) is 80.9 cm³/mol. The molecule has 0 saturated carbocycles. The molecule has 9 heteroatoms. The molecule has 118 valence electrons. The second-order valence-corrected chi connectivity index (χ2v) is 8.43. The number of anilines is 1. The van der Waals surface area contributed by atoms with Gasteiger partial charge in [-0.2, -0.15) is 0 Å². The van der Waals surface area contributed by atoms with Gasteiger partial charge in [0.05, 0.1) is 10.6 Å². The summed E-state index contributed by atoms with van der Waals surface area (Å²) in [4.78, 5) is -0.0561. The maximum atomic E-state index is 12.1. The highest BCUT2D eigenvalue weighted by molar-refractivity contribution is 7.92. The number of piperidine rings is 1. The molecule has 0 bridgehead atoms. The first kappa shape index (κ1) is 16.2. The summed E-state index contributed by atoms with van der Waals surface area (Å²) in [7, 11) is -7.25. The van der Waals surface area contributed by atoms with Crippen molar-refractivity contribution in [1.29, 1.82) is 0 Å². The first-order chi connectivity index (χ1) is 9.76. The van der Waals surface area contributed by atoms with E-state index in [-0.39, 0.29) is 16.7 Å². The topological polar surface area (TPSA) is 118 Å². The van der Waals surface area contributed by atoms with Gasteiger partial charge in [0.15, 0.2) is 0 Å². The molecule has 1 saturated heterocycles. The third-order valence-corrected chi connectivity index (χ3v) is 5.61. The predicted octanol–water partition coefficient (Wildman–Crippen LogP) is 0.218. The summed E-state index contributed by atoms with van der Waals surface area (Å²) < 4.78 is 48.8. The highest BCUT2D eigenvalue weighted by Gasteiger charge is 2.21. The Morgan fingerprint density at radius 2 is 1.81 bits per heavy atom. The fourth-order valence-corrected chi connectivity index (χ4v) is 4.17. The van der Waals surface area contributed by atoms with E-state index in [0.29, 0.717) is 5.69 Å². The Labute approximate surface area is 125 Å². The second-order valence-electron chi connectivity index (χ2n) is 5.10. The van der Waals surface area contributed by atoms with E-state index in [1.54, 1.807) is 0 Å². The van der Waals surface area contributed by atoms with Crippen LogP contribution < -0.4 is 15.2 Å². The van der Waals surface area contributed by atoms with Crippen LogP contribution in [0.1, 0.15) is 19.3 Å². The molecule has 1 heterocycles. The van der Waals surface area contributed by atoms with Gasteiger partial charge in [0.1, 0.15) is 0 Å². The summed E-state index contributed by atoms with van der Waals surface area (Å²) in [6.07, 6.45) is 2.93. The van der Waals surface area contributed by atoms with Crippen molar-refractivity contribution in [3.63, 3.8) is 0 Å². The lowest BCUT2D eigenvalue weighted by atomic mass is 10.1. The summed E-state index contributed by atoms with van der Waals surface area (Å²) in [6.45, 7) is 0.837. The lowest BCUT2D eigenvalue weighted by molar-refractivity contribution is 0.424. The molecule has 1 atom stereocenters. The van der Waals surface area contributed by atoms with Crippen LogP contribution in [0.3, 0.4) is 0 Å². The smallest absolute Gasteiger partial charge is 0.238 e. The van der Waals surface area contributed by atoms with Crippen LogP contribution in [-0.4, -0.2) is 35.2 Å². The largest absolute Gasteiger partial charge is 0.313 e. The molecule has 1 fully saturated rings. The number of benzene rings is 1. The van der Waals surface area contributed by atoms with Gasteiger partial charge in [0.25, 0.3) is 0 Å². The minimum atomic E-state index is -3.77. The lowest BCUT2D eigenvalue weighted by Gasteiger charge is -2.23. The zero-order valence-corrected chi connectivity index (χ0v) is 13.1. The van der Waals surface area contributed by atoms with Crippen LogP contribution in [0.5, 0.6) is 0 Å². The molecule has 0 aromatic heterocycles. The molecule has 0 radical (unpaired) electrons. The molecule has 1 aliphatic rings. The van der Waals surface area contributed by atoms with Crippen molar-refractivity contribution in [3.05, 3.63) is 24.3 Å². The van der Waals surface area contributed by atoms with Gasteiger partial charge in [0, 0.05) is 11.7 Å². The lowest BCUT2D eigenvalue weighted by Crippen LogP contribution is -2.40. The summed E-state index contributed by atoms with van der Waals surface area (Å²) in [5.41, 5.74) is 0.318. The zero-order chi connectivity index (χ0) is 15.5. The number of sulfonamides is 2. The molecule has 0 spiro atoms. The van der Waals surface area contributed by atoms with E-state index in [9.17, 15) is 16.8 Å². The Balaban J connectivity index is 2.02. The normalized spacial score (nSPS) is 20.1. The molecule has 4 N–H and O–H groups in total. The average molecular weight is 333 g/mol. The highest BCUT2D eigenvalue weighted by atomic mass is 32.2. The summed E-state index contributed by atoms with van der Waals surface area (Å²) in [6, 6.07) is 5.26. The van der Waals surface area contributed by atoms with Crippen LogP contribution in [0.2, 0.25) is 0 Å². The van der Waals surface area contributed by atoms with Gasteiger partial charge in [-0.15, -0.1) is 0 Å². The second kappa shape index (κ2) is 6.30. The maximum Gasteiger partial charge on any atom is 0.238 e. The number of hydrogen-bond acceptors (Lipinski definition) is 5. The van der Waals surface area contributed by atoms with Crippen molar-refractivity contribution in [2.75, 3.05) is 17.0 Å². The van der Waals surface area contributed by atoms with Crippen LogP contribution in [0.15, 0.2) is 29.2 Å². The van der Waals surface area contributed by atoms with Gasteiger partial charge >= 0.3 is 0 Å². The van der Waals surface area contributed by atoms with E-state index < -0.39 is 20.0 Å². The highest BCUT2D eigenvalue weighted by Crippen LogP contribution is 2.15. The van der Waals surface area contributed by atoms with Crippen molar-refractivity contribution in [3.8, 4) is 0 Å². The van der Waals surface area contributed by atoms with Crippen LogP contribution in [0.4, 0.5) is 5.69 Å². The quantitative estimate of drug-likeness (QED) is 0.712. The van der Waals surface area contributed by atoms with Crippen molar-refractivity contribution < 1.29 is 16.8 Å². The number of nitrogens with one attached hydrogen (secondary N) is 2. The molecule has 0 aliphatic carbocycles. The summed E-state index contributed by atoms with van der Waals surface area (Å²) in [5, 5.41) is 8.16. The molecule has 7 nitrogen and oxygen atoms in total. The van der Waals surface area contributed by atoms with E-state index in [1.165, 1.54) is 24.3 Å². The number of primary sulfonamides is 1. The van der Waals surface area contributed by atoms with Crippen LogP contribution in [-0.2, 0) is 20.0 Å². The molecule has 1 aromatic carbocycles. The molecule has 1 aliphatic heterocycles. The van der Waals surface area contributed by atoms with Gasteiger partial charge in [0.2, 0.25) is 20.0 Å². The standard InChI is InChI=1S/C12H19N3O4S2/c13-21(18,19)12-6-4-10(5-7-12)15-20(16,17)9-11-3-1-2-8-14-11/h4-7,11,14-15H,1-3,8-9H2,(H2,13,18,19). The van der Waals surface area contributed by atoms with E-state index in [0.717, 1.165) is 25.8 Å². The first-order valence-electron chi connectivity index (χ1n) is 6.63. The van der Waals surface area contributed by atoms with Gasteiger partial charge in [-0.05, 0) is 43.7 Å². The van der Waals surface area contributed by atoms with E-state index in [2.05, 4.69) is 10.0 Å². The Hall–Kier alpha value is -1.16. The van der Waals surface area contributed by atoms with E-state index >= 15 is 0 Å². The minimum absolute atomic E-state index is 0.00391. The fourth-order valence-electron chi connectivity index (χ4n) is 2.26. The van der Waals surface area contributed by atoms with Gasteiger partial charge in [-0.1, -0.05) is 6.42 Å². The molecule has 21 heavy (non-hydrogen) atoms. The maximum absolute atomic E-state index is 12.1. The van der Waals surface area contributed by atoms with Gasteiger partial charge in [-0.25, -0.2) is 22.0 Å². The molecular weight excluding hydrogens is 314 g/mol. The average Bonchev–Trinajstić information content (AvgIpc) is 2.38. The Bertz CT molecular complexity index is 678. The van der Waals surface area contributed by atoms with Gasteiger partial charge < -0.3 is 5.32 Å². The molecular formula is C12H19N3O4S2. The monoisotopic (exact) mass is 333 g/mol. The molecule has 1 aromatic rings. The van der Waals surface area contributed by atoms with Crippen LogP contribution >= 0.6 is 0 Å². The van der Waals surface area contributed by atoms with Crippen LogP contribution in [0.25, 0.3) is 0 Å². The van der Waals surface area contributed by atoms with Crippen molar-refractivity contribution >= 4 is 25.7 Å². The summed E-state index contributed by atoms with van der Waals surface area (Å²) in [5.74, 6) is 0.00391. The van der Waals surface area contributed by atoms with Crippen molar-refractivity contribution in [2.45, 2.75) is 30.2 Å².